The van der Waals surface area contributed by atoms with Gasteiger partial charge in [0.15, 0.2) is 10.9 Å². The van der Waals surface area contributed by atoms with Crippen LogP contribution >= 0.6 is 23.8 Å². The van der Waals surface area contributed by atoms with Crippen molar-refractivity contribution in [2.45, 2.75) is 13.1 Å². The maximum absolute atomic E-state index is 13.9. The van der Waals surface area contributed by atoms with Crippen molar-refractivity contribution in [3.8, 4) is 0 Å². The largest absolute Gasteiger partial charge is 0.346 e. The zero-order valence-electron chi connectivity index (χ0n) is 16.5. The fraction of sp³-hybridized carbons (Fsp3) is 0.273. The summed E-state index contributed by atoms with van der Waals surface area (Å²) in [4.78, 5) is 4.38. The maximum atomic E-state index is 13.9. The lowest BCUT2D eigenvalue weighted by Crippen LogP contribution is -2.49. The Morgan fingerprint density at radius 2 is 1.73 bits per heavy atom. The molecule has 3 aromatic rings. The molecule has 2 heterocycles. The van der Waals surface area contributed by atoms with Gasteiger partial charge >= 0.3 is 0 Å². The molecule has 1 aliphatic heterocycles. The van der Waals surface area contributed by atoms with Crippen molar-refractivity contribution in [1.29, 1.82) is 0 Å². The van der Waals surface area contributed by atoms with E-state index in [-0.39, 0.29) is 5.82 Å². The summed E-state index contributed by atoms with van der Waals surface area (Å²) >= 11 is 11.5. The molecule has 0 radical (unpaired) electrons. The Kier molecular flexibility index (Phi) is 6.62. The lowest BCUT2D eigenvalue weighted by molar-refractivity contribution is 0.175. The molecule has 30 heavy (non-hydrogen) atoms. The van der Waals surface area contributed by atoms with Crippen LogP contribution in [0.25, 0.3) is 0 Å². The van der Waals surface area contributed by atoms with Gasteiger partial charge in [0.1, 0.15) is 5.82 Å². The van der Waals surface area contributed by atoms with Crippen molar-refractivity contribution in [3.63, 3.8) is 0 Å². The summed E-state index contributed by atoms with van der Waals surface area (Å²) in [6, 6.07) is 16.6. The number of aromatic nitrogens is 2. The molecule has 5 nitrogen and oxygen atoms in total. The molecule has 0 aliphatic carbocycles. The van der Waals surface area contributed by atoms with Crippen molar-refractivity contribution in [2.24, 2.45) is 0 Å². The quantitative estimate of drug-likeness (QED) is 0.597. The van der Waals surface area contributed by atoms with Gasteiger partial charge in [-0.2, -0.15) is 5.10 Å². The first-order valence-electron chi connectivity index (χ1n) is 9.86. The second-order valence-corrected chi connectivity index (χ2v) is 8.13. The van der Waals surface area contributed by atoms with Crippen LogP contribution in [0.1, 0.15) is 11.1 Å². The van der Waals surface area contributed by atoms with E-state index in [1.807, 2.05) is 53.3 Å². The molecule has 0 saturated carbocycles. The summed E-state index contributed by atoms with van der Waals surface area (Å²) in [7, 11) is 0. The molecule has 8 heteroatoms. The van der Waals surface area contributed by atoms with Gasteiger partial charge in [0.25, 0.3) is 0 Å². The highest BCUT2D eigenvalue weighted by Gasteiger charge is 2.20. The van der Waals surface area contributed by atoms with E-state index in [0.29, 0.717) is 18.2 Å². The number of nitrogens with zero attached hydrogens (tertiary/aromatic N) is 4. The third-order valence-corrected chi connectivity index (χ3v) is 5.76. The van der Waals surface area contributed by atoms with Crippen LogP contribution in [0.5, 0.6) is 0 Å². The van der Waals surface area contributed by atoms with Crippen molar-refractivity contribution < 1.29 is 4.39 Å². The van der Waals surface area contributed by atoms with Crippen LogP contribution in [0.2, 0.25) is 5.02 Å². The SMILES string of the molecule is Fc1ccccc1CN1CCN(C(=S)Nc2ccn(Cc3ccc(Cl)cc3)n2)CC1. The summed E-state index contributed by atoms with van der Waals surface area (Å²) in [6.45, 7) is 4.55. The Bertz CT molecular complexity index is 999. The van der Waals surface area contributed by atoms with E-state index < -0.39 is 0 Å². The maximum Gasteiger partial charge on any atom is 0.174 e. The molecule has 0 unspecified atom stereocenters. The van der Waals surface area contributed by atoms with Crippen LogP contribution in [-0.4, -0.2) is 50.9 Å². The predicted octanol–water partition coefficient (Wildman–Crippen LogP) is 4.24. The highest BCUT2D eigenvalue weighted by Crippen LogP contribution is 2.14. The smallest absolute Gasteiger partial charge is 0.174 e. The molecular weight excluding hydrogens is 421 g/mol. The minimum Gasteiger partial charge on any atom is -0.346 e. The summed E-state index contributed by atoms with van der Waals surface area (Å²) < 4.78 is 15.7. The topological polar surface area (TPSA) is 36.3 Å². The van der Waals surface area contributed by atoms with Crippen molar-refractivity contribution in [2.75, 3.05) is 31.5 Å². The summed E-state index contributed by atoms with van der Waals surface area (Å²) in [5.74, 6) is 0.578. The predicted molar refractivity (Wildman–Crippen MR) is 122 cm³/mol. The van der Waals surface area contributed by atoms with Gasteiger partial charge in [0.2, 0.25) is 0 Å². The average Bonchev–Trinajstić information content (AvgIpc) is 3.18. The van der Waals surface area contributed by atoms with Gasteiger partial charge in [0.05, 0.1) is 6.54 Å². The Morgan fingerprint density at radius 3 is 2.47 bits per heavy atom. The highest BCUT2D eigenvalue weighted by atomic mass is 35.5. The van der Waals surface area contributed by atoms with Gasteiger partial charge < -0.3 is 10.2 Å². The minimum absolute atomic E-state index is 0.147. The molecule has 0 spiro atoms. The summed E-state index contributed by atoms with van der Waals surface area (Å²) in [5, 5.41) is 9.16. The number of halogens is 2. The molecule has 1 fully saturated rings. The first-order valence-corrected chi connectivity index (χ1v) is 10.6. The monoisotopic (exact) mass is 443 g/mol. The second kappa shape index (κ2) is 9.55. The lowest BCUT2D eigenvalue weighted by atomic mass is 10.2. The van der Waals surface area contributed by atoms with E-state index >= 15 is 0 Å². The normalized spacial score (nSPS) is 14.7. The number of thiocarbonyl (C=S) groups is 1. The Balaban J connectivity index is 1.26. The van der Waals surface area contributed by atoms with Gasteiger partial charge in [-0.3, -0.25) is 9.58 Å². The molecule has 1 N–H and O–H groups in total. The fourth-order valence-corrected chi connectivity index (χ4v) is 3.87. The molecule has 0 amide bonds. The molecule has 1 saturated heterocycles. The van der Waals surface area contributed by atoms with E-state index in [4.69, 9.17) is 23.8 Å². The molecule has 0 bridgehead atoms. The first kappa shape index (κ1) is 20.8. The standard InChI is InChI=1S/C22H23ClFN5S/c23-19-7-5-17(6-8-19)15-29-10-9-21(26-29)25-22(30)28-13-11-27(12-14-28)16-18-3-1-2-4-20(18)24/h1-10H,11-16H2,(H,25,26,30). The molecule has 4 rings (SSSR count). The second-order valence-electron chi connectivity index (χ2n) is 7.31. The summed E-state index contributed by atoms with van der Waals surface area (Å²) in [5.41, 5.74) is 1.86. The van der Waals surface area contributed by atoms with Crippen molar-refractivity contribution in [3.05, 3.63) is 82.8 Å². The third kappa shape index (κ3) is 5.36. The molecule has 156 valence electrons. The van der Waals surface area contributed by atoms with Crippen LogP contribution < -0.4 is 5.32 Å². The molecule has 1 aliphatic rings. The molecular formula is C22H23ClFN5S. The number of rotatable bonds is 5. The number of piperazine rings is 1. The Hall–Kier alpha value is -2.48. The van der Waals surface area contributed by atoms with E-state index in [2.05, 4.69) is 20.2 Å². The number of benzene rings is 2. The van der Waals surface area contributed by atoms with E-state index in [1.165, 1.54) is 6.07 Å². The Labute approximate surface area is 186 Å². The van der Waals surface area contributed by atoms with Crippen LogP contribution in [0.15, 0.2) is 60.8 Å². The number of anilines is 1. The molecule has 1 aromatic heterocycles. The van der Waals surface area contributed by atoms with Crippen LogP contribution in [0.4, 0.5) is 10.2 Å². The van der Waals surface area contributed by atoms with Crippen molar-refractivity contribution >= 4 is 34.7 Å². The zero-order chi connectivity index (χ0) is 20.9. The van der Waals surface area contributed by atoms with Gasteiger partial charge in [-0.05, 0) is 36.0 Å². The first-order chi connectivity index (χ1) is 14.6. The molecule has 2 aromatic carbocycles. The van der Waals surface area contributed by atoms with Gasteiger partial charge in [0, 0.05) is 55.6 Å². The molecule has 0 atom stereocenters. The van der Waals surface area contributed by atoms with E-state index in [0.717, 1.165) is 48.1 Å². The fourth-order valence-electron chi connectivity index (χ4n) is 3.46. The lowest BCUT2D eigenvalue weighted by Gasteiger charge is -2.36. The van der Waals surface area contributed by atoms with Crippen LogP contribution in [0.3, 0.4) is 0 Å². The Morgan fingerprint density at radius 1 is 1.00 bits per heavy atom. The number of hydrogen-bond donors (Lipinski definition) is 1. The van der Waals surface area contributed by atoms with E-state index in [9.17, 15) is 4.39 Å². The zero-order valence-corrected chi connectivity index (χ0v) is 18.0. The third-order valence-electron chi connectivity index (χ3n) is 5.14. The highest BCUT2D eigenvalue weighted by molar-refractivity contribution is 7.80. The van der Waals surface area contributed by atoms with Gasteiger partial charge in [-0.15, -0.1) is 0 Å². The van der Waals surface area contributed by atoms with E-state index in [1.54, 1.807) is 6.07 Å². The van der Waals surface area contributed by atoms with Crippen molar-refractivity contribution in [1.82, 2.24) is 19.6 Å². The minimum atomic E-state index is -0.147. The van der Waals surface area contributed by atoms with Gasteiger partial charge in [-0.1, -0.05) is 41.9 Å². The number of nitrogens with one attached hydrogen (secondary N) is 1. The number of hydrogen-bond acceptors (Lipinski definition) is 3. The van der Waals surface area contributed by atoms with Crippen LogP contribution in [-0.2, 0) is 13.1 Å². The van der Waals surface area contributed by atoms with Gasteiger partial charge in [-0.25, -0.2) is 4.39 Å². The summed E-state index contributed by atoms with van der Waals surface area (Å²) in [6.07, 6.45) is 1.92. The average molecular weight is 444 g/mol. The van der Waals surface area contributed by atoms with Crippen LogP contribution in [0, 0.1) is 5.82 Å².